The van der Waals surface area contributed by atoms with Gasteiger partial charge in [0.1, 0.15) is 11.4 Å². The molecule has 0 spiro atoms. The molecular weight excluding hydrogens is 414 g/mol. The standard InChI is InChI=1S/C27H21N3O3/c31-24-14-11-19(12-15-24)18-28-30-27(33)25(29-26(32)22-7-2-1-3-8-22)17-20-10-13-21-6-4-5-9-23(21)16-20/h1-18,31H,(H,29,32)(H,30,33). The normalized spacial score (nSPS) is 11.5. The second-order valence-electron chi connectivity index (χ2n) is 7.28. The average molecular weight is 435 g/mol. The molecule has 0 unspecified atom stereocenters. The minimum atomic E-state index is -0.567. The summed E-state index contributed by atoms with van der Waals surface area (Å²) >= 11 is 0. The molecule has 3 N–H and O–H groups in total. The SMILES string of the molecule is O=C(NN=Cc1ccc(O)cc1)C(=Cc1ccc2ccccc2c1)NC(=O)c1ccccc1. The Morgan fingerprint density at radius 2 is 1.42 bits per heavy atom. The predicted molar refractivity (Wildman–Crippen MR) is 130 cm³/mol. The lowest BCUT2D eigenvalue weighted by Crippen LogP contribution is -2.32. The van der Waals surface area contributed by atoms with Gasteiger partial charge in [-0.2, -0.15) is 5.10 Å². The minimum absolute atomic E-state index is 0.0574. The zero-order chi connectivity index (χ0) is 23.0. The molecule has 0 bridgehead atoms. The van der Waals surface area contributed by atoms with E-state index in [9.17, 15) is 14.7 Å². The van der Waals surface area contributed by atoms with Crippen LogP contribution in [0.5, 0.6) is 5.75 Å². The van der Waals surface area contributed by atoms with Gasteiger partial charge in [0.15, 0.2) is 0 Å². The molecule has 0 aliphatic heterocycles. The molecule has 0 radical (unpaired) electrons. The molecule has 0 aromatic heterocycles. The van der Waals surface area contributed by atoms with E-state index in [4.69, 9.17) is 0 Å². The first-order chi connectivity index (χ1) is 16.1. The summed E-state index contributed by atoms with van der Waals surface area (Å²) < 4.78 is 0. The molecule has 2 amide bonds. The third-order valence-corrected chi connectivity index (χ3v) is 4.89. The molecule has 162 valence electrons. The van der Waals surface area contributed by atoms with Gasteiger partial charge < -0.3 is 10.4 Å². The largest absolute Gasteiger partial charge is 0.508 e. The topological polar surface area (TPSA) is 90.8 Å². The summed E-state index contributed by atoms with van der Waals surface area (Å²) in [5.74, 6) is -0.830. The van der Waals surface area contributed by atoms with E-state index < -0.39 is 11.8 Å². The van der Waals surface area contributed by atoms with E-state index in [1.165, 1.54) is 18.3 Å². The van der Waals surface area contributed by atoms with E-state index in [0.717, 1.165) is 16.3 Å². The summed E-state index contributed by atoms with van der Waals surface area (Å²) in [6, 6.07) is 28.7. The van der Waals surface area contributed by atoms with Crippen molar-refractivity contribution in [2.45, 2.75) is 0 Å². The van der Waals surface area contributed by atoms with Crippen LogP contribution in [0.1, 0.15) is 21.5 Å². The summed E-state index contributed by atoms with van der Waals surface area (Å²) in [6.45, 7) is 0. The number of hydrogen-bond acceptors (Lipinski definition) is 4. The molecule has 0 atom stereocenters. The zero-order valence-corrected chi connectivity index (χ0v) is 17.6. The maximum atomic E-state index is 12.9. The highest BCUT2D eigenvalue weighted by Gasteiger charge is 2.14. The summed E-state index contributed by atoms with van der Waals surface area (Å²) in [5.41, 5.74) is 4.39. The number of benzene rings is 4. The number of nitrogens with one attached hydrogen (secondary N) is 2. The number of carbonyl (C=O) groups is 2. The van der Waals surface area contributed by atoms with Crippen LogP contribution in [-0.2, 0) is 4.79 Å². The summed E-state index contributed by atoms with van der Waals surface area (Å²) in [5, 5.41) is 18.1. The van der Waals surface area contributed by atoms with Crippen molar-refractivity contribution in [2.24, 2.45) is 5.10 Å². The van der Waals surface area contributed by atoms with E-state index in [1.54, 1.807) is 42.5 Å². The minimum Gasteiger partial charge on any atom is -0.508 e. The van der Waals surface area contributed by atoms with Crippen molar-refractivity contribution in [3.05, 3.63) is 119 Å². The van der Waals surface area contributed by atoms with Crippen molar-refractivity contribution in [1.29, 1.82) is 0 Å². The molecule has 0 saturated heterocycles. The van der Waals surface area contributed by atoms with Gasteiger partial charge in [0.05, 0.1) is 6.21 Å². The fourth-order valence-electron chi connectivity index (χ4n) is 3.19. The molecule has 6 nitrogen and oxygen atoms in total. The van der Waals surface area contributed by atoms with E-state index in [2.05, 4.69) is 15.8 Å². The number of amides is 2. The second kappa shape index (κ2) is 10.1. The monoisotopic (exact) mass is 435 g/mol. The van der Waals surface area contributed by atoms with E-state index >= 15 is 0 Å². The van der Waals surface area contributed by atoms with Crippen molar-refractivity contribution in [2.75, 3.05) is 0 Å². The Kier molecular flexibility index (Phi) is 6.56. The van der Waals surface area contributed by atoms with E-state index in [-0.39, 0.29) is 11.4 Å². The van der Waals surface area contributed by atoms with Crippen molar-refractivity contribution in [3.8, 4) is 5.75 Å². The Balaban J connectivity index is 1.59. The number of hydrazone groups is 1. The van der Waals surface area contributed by atoms with Gasteiger partial charge >= 0.3 is 0 Å². The van der Waals surface area contributed by atoms with Gasteiger partial charge in [0, 0.05) is 5.56 Å². The first-order valence-electron chi connectivity index (χ1n) is 10.3. The molecule has 0 fully saturated rings. The van der Waals surface area contributed by atoms with Gasteiger partial charge in [-0.1, -0.05) is 54.6 Å². The van der Waals surface area contributed by atoms with Crippen molar-refractivity contribution >= 4 is 34.9 Å². The Morgan fingerprint density at radius 3 is 2.18 bits per heavy atom. The average Bonchev–Trinajstić information content (AvgIpc) is 2.85. The number of carbonyl (C=O) groups excluding carboxylic acids is 2. The van der Waals surface area contributed by atoms with Gasteiger partial charge in [-0.05, 0) is 70.4 Å². The zero-order valence-electron chi connectivity index (χ0n) is 17.6. The third kappa shape index (κ3) is 5.71. The van der Waals surface area contributed by atoms with Gasteiger partial charge in [-0.25, -0.2) is 5.43 Å². The van der Waals surface area contributed by atoms with Crippen LogP contribution in [0.2, 0.25) is 0 Å². The number of fused-ring (bicyclic) bond motifs is 1. The number of aromatic hydroxyl groups is 1. The van der Waals surface area contributed by atoms with Crippen molar-refractivity contribution < 1.29 is 14.7 Å². The highest BCUT2D eigenvalue weighted by Crippen LogP contribution is 2.17. The molecule has 4 aromatic rings. The van der Waals surface area contributed by atoms with Crippen LogP contribution < -0.4 is 10.7 Å². The maximum Gasteiger partial charge on any atom is 0.287 e. The van der Waals surface area contributed by atoms with Crippen LogP contribution >= 0.6 is 0 Å². The first-order valence-corrected chi connectivity index (χ1v) is 10.3. The lowest BCUT2D eigenvalue weighted by Gasteiger charge is -2.09. The van der Waals surface area contributed by atoms with Crippen molar-refractivity contribution in [1.82, 2.24) is 10.7 Å². The second-order valence-corrected chi connectivity index (χ2v) is 7.28. The van der Waals surface area contributed by atoms with Crippen LogP contribution in [0.3, 0.4) is 0 Å². The number of hydrogen-bond donors (Lipinski definition) is 3. The molecule has 4 aromatic carbocycles. The fourth-order valence-corrected chi connectivity index (χ4v) is 3.19. The predicted octanol–water partition coefficient (Wildman–Crippen LogP) is 4.47. The smallest absolute Gasteiger partial charge is 0.287 e. The third-order valence-electron chi connectivity index (χ3n) is 4.89. The van der Waals surface area contributed by atoms with Crippen LogP contribution in [0.25, 0.3) is 16.8 Å². The Hall–Kier alpha value is -4.71. The lowest BCUT2D eigenvalue weighted by molar-refractivity contribution is -0.117. The first kappa shape index (κ1) is 21.5. The quantitative estimate of drug-likeness (QED) is 0.237. The Labute approximate surface area is 190 Å². The van der Waals surface area contributed by atoms with Gasteiger partial charge in [-0.3, -0.25) is 9.59 Å². The number of nitrogens with zero attached hydrogens (tertiary/aromatic N) is 1. The number of phenolic OH excluding ortho intramolecular Hbond substituents is 1. The molecule has 0 heterocycles. The molecular formula is C27H21N3O3. The molecule has 4 rings (SSSR count). The van der Waals surface area contributed by atoms with Gasteiger partial charge in [0.2, 0.25) is 0 Å². The molecule has 6 heteroatoms. The highest BCUT2D eigenvalue weighted by atomic mass is 16.3. The van der Waals surface area contributed by atoms with E-state index in [0.29, 0.717) is 11.1 Å². The number of phenols is 1. The molecule has 0 aliphatic rings. The Morgan fingerprint density at radius 1 is 0.758 bits per heavy atom. The molecule has 0 saturated carbocycles. The van der Waals surface area contributed by atoms with Crippen molar-refractivity contribution in [3.63, 3.8) is 0 Å². The maximum absolute atomic E-state index is 12.9. The van der Waals surface area contributed by atoms with Gasteiger partial charge in [-0.15, -0.1) is 0 Å². The summed E-state index contributed by atoms with van der Waals surface area (Å²) in [4.78, 5) is 25.6. The molecule has 33 heavy (non-hydrogen) atoms. The highest BCUT2D eigenvalue weighted by molar-refractivity contribution is 6.05. The fraction of sp³-hybridized carbons (Fsp3) is 0. The summed E-state index contributed by atoms with van der Waals surface area (Å²) in [6.07, 6.45) is 3.06. The number of rotatable bonds is 6. The molecule has 0 aliphatic carbocycles. The van der Waals surface area contributed by atoms with Crippen LogP contribution in [0, 0.1) is 0 Å². The summed E-state index contributed by atoms with van der Waals surface area (Å²) in [7, 11) is 0. The lowest BCUT2D eigenvalue weighted by atomic mass is 10.1. The van der Waals surface area contributed by atoms with Crippen LogP contribution in [-0.4, -0.2) is 23.1 Å². The van der Waals surface area contributed by atoms with Gasteiger partial charge in [0.25, 0.3) is 11.8 Å². The Bertz CT molecular complexity index is 1340. The van der Waals surface area contributed by atoms with Crippen LogP contribution in [0.4, 0.5) is 0 Å². The van der Waals surface area contributed by atoms with E-state index in [1.807, 2.05) is 48.5 Å². The van der Waals surface area contributed by atoms with Crippen LogP contribution in [0.15, 0.2) is 108 Å².